The Bertz CT molecular complexity index is 1010. The van der Waals surface area contributed by atoms with Gasteiger partial charge in [-0.25, -0.2) is 9.97 Å². The van der Waals surface area contributed by atoms with Crippen LogP contribution in [0, 0.1) is 0 Å². The summed E-state index contributed by atoms with van der Waals surface area (Å²) in [6.07, 6.45) is 0.467. The topological polar surface area (TPSA) is 113 Å². The molecule has 1 aromatic carbocycles. The maximum absolute atomic E-state index is 10.4. The molecule has 0 amide bonds. The number of thiophene rings is 1. The van der Waals surface area contributed by atoms with E-state index in [4.69, 9.17) is 15.0 Å². The summed E-state index contributed by atoms with van der Waals surface area (Å²) < 4.78 is 13.0. The molecule has 1 fully saturated rings. The quantitative estimate of drug-likeness (QED) is 0.181. The number of benzene rings is 1. The van der Waals surface area contributed by atoms with E-state index in [1.54, 1.807) is 0 Å². The van der Waals surface area contributed by atoms with Gasteiger partial charge in [-0.1, -0.05) is 45.9 Å². The third-order valence-electron chi connectivity index (χ3n) is 4.36. The third-order valence-corrected chi connectivity index (χ3v) is 6.43. The Balaban J connectivity index is 1.68. The molecule has 4 rings (SSSR count). The van der Waals surface area contributed by atoms with Gasteiger partial charge in [-0.15, -0.1) is 11.3 Å². The van der Waals surface area contributed by atoms with Gasteiger partial charge >= 0.3 is 0 Å². The summed E-state index contributed by atoms with van der Waals surface area (Å²) in [5, 5.41) is 16.1. The Morgan fingerprint density at radius 1 is 1.41 bits per heavy atom. The fourth-order valence-electron chi connectivity index (χ4n) is 3.01. The molecule has 27 heavy (non-hydrogen) atoms. The van der Waals surface area contributed by atoms with Crippen LogP contribution in [0.4, 0.5) is 0 Å². The molecule has 2 aromatic heterocycles. The van der Waals surface area contributed by atoms with E-state index in [1.807, 2.05) is 35.7 Å². The van der Waals surface area contributed by atoms with E-state index >= 15 is 0 Å². The number of para-hydroxylation sites is 1. The number of ether oxygens (including phenoxy) is 2. The van der Waals surface area contributed by atoms with Crippen molar-refractivity contribution < 1.29 is 14.6 Å². The second kappa shape index (κ2) is 7.56. The number of fused-ring (bicyclic) bond motifs is 1. The number of aliphatic hydroxyl groups is 1. The Hall–Kier alpha value is -1.98. The molecule has 1 aliphatic rings. The fraction of sp³-hybridized carbons (Fsp3) is 0.294. The van der Waals surface area contributed by atoms with Gasteiger partial charge in [0.25, 0.3) is 0 Å². The summed E-state index contributed by atoms with van der Waals surface area (Å²) in [6, 6.07) is 9.40. The van der Waals surface area contributed by atoms with Gasteiger partial charge in [0.2, 0.25) is 5.88 Å². The Kier molecular flexibility index (Phi) is 5.15. The molecule has 8 nitrogen and oxygen atoms in total. The van der Waals surface area contributed by atoms with Crippen LogP contribution in [0.2, 0.25) is 0 Å². The van der Waals surface area contributed by atoms with Gasteiger partial charge in [-0.2, -0.15) is 0 Å². The second-order valence-electron chi connectivity index (χ2n) is 5.99. The Labute approximate surface area is 171 Å². The molecule has 2 unspecified atom stereocenters. The number of hydrogen-bond donors (Lipinski definition) is 1. The van der Waals surface area contributed by atoms with Gasteiger partial charge in [0.05, 0.1) is 17.7 Å². The smallest absolute Gasteiger partial charge is 0.240 e. The van der Waals surface area contributed by atoms with E-state index < -0.39 is 17.9 Å². The maximum Gasteiger partial charge on any atom is 0.240 e. The van der Waals surface area contributed by atoms with Crippen LogP contribution in [-0.4, -0.2) is 31.3 Å². The predicted molar refractivity (Wildman–Crippen MR) is 109 cm³/mol. The van der Waals surface area contributed by atoms with E-state index in [1.165, 1.54) is 17.7 Å². The van der Waals surface area contributed by atoms with Gasteiger partial charge in [-0.05, 0) is 23.0 Å². The summed E-state index contributed by atoms with van der Waals surface area (Å²) in [5.41, 5.74) is 9.11. The summed E-state index contributed by atoms with van der Waals surface area (Å²) in [6.45, 7) is 0. The number of nitrogens with zero attached hydrogens (tertiary/aromatic N) is 5. The van der Waals surface area contributed by atoms with Gasteiger partial charge in [0.1, 0.15) is 16.8 Å². The minimum absolute atomic E-state index is 0.326. The number of alkyl halides is 1. The average Bonchev–Trinajstić information content (AvgIpc) is 3.25. The van der Waals surface area contributed by atoms with Crippen LogP contribution in [0.1, 0.15) is 18.1 Å². The minimum atomic E-state index is -1.26. The highest BCUT2D eigenvalue weighted by Gasteiger charge is 2.48. The van der Waals surface area contributed by atoms with Crippen molar-refractivity contribution in [2.24, 2.45) is 5.11 Å². The third kappa shape index (κ3) is 3.34. The molecule has 0 aliphatic carbocycles. The van der Waals surface area contributed by atoms with Crippen LogP contribution in [0.5, 0.6) is 11.6 Å². The normalized spacial score (nSPS) is 24.7. The molecule has 0 radical (unpaired) electrons. The number of rotatable bonds is 5. The first-order valence-electron chi connectivity index (χ1n) is 8.10. The van der Waals surface area contributed by atoms with E-state index in [9.17, 15) is 5.11 Å². The average molecular weight is 495 g/mol. The SMILES string of the molecule is [N-]=[N+]=NC1(CI)OC(c2csc3c(Oc4ccccc4)ncnc23)C[C@@H]1O. The molecule has 1 aliphatic heterocycles. The molecular weight excluding hydrogens is 481 g/mol. The largest absolute Gasteiger partial charge is 0.437 e. The van der Waals surface area contributed by atoms with Crippen molar-refractivity contribution in [1.29, 1.82) is 0 Å². The van der Waals surface area contributed by atoms with Crippen LogP contribution in [0.3, 0.4) is 0 Å². The number of azide groups is 1. The van der Waals surface area contributed by atoms with Crippen molar-refractivity contribution in [2.75, 3.05) is 4.43 Å². The lowest BCUT2D eigenvalue weighted by Gasteiger charge is -2.24. The molecule has 10 heteroatoms. The van der Waals surface area contributed by atoms with Gasteiger partial charge in [0.15, 0.2) is 5.72 Å². The van der Waals surface area contributed by atoms with E-state index in [0.29, 0.717) is 28.0 Å². The van der Waals surface area contributed by atoms with Crippen molar-refractivity contribution in [3.63, 3.8) is 0 Å². The molecule has 1 N–H and O–H groups in total. The van der Waals surface area contributed by atoms with Crippen LogP contribution in [0.25, 0.3) is 20.7 Å². The number of halogens is 1. The monoisotopic (exact) mass is 495 g/mol. The molecule has 3 atom stereocenters. The summed E-state index contributed by atoms with van der Waals surface area (Å²) >= 11 is 3.50. The summed E-state index contributed by atoms with van der Waals surface area (Å²) in [7, 11) is 0. The zero-order valence-electron chi connectivity index (χ0n) is 13.9. The van der Waals surface area contributed by atoms with Gasteiger partial charge in [-0.3, -0.25) is 0 Å². The first-order chi connectivity index (χ1) is 13.2. The number of aliphatic hydroxyl groups excluding tert-OH is 1. The molecular formula is C17H14IN5O3S. The number of hydrogen-bond acceptors (Lipinski definition) is 7. The van der Waals surface area contributed by atoms with Crippen LogP contribution in [0.15, 0.2) is 47.2 Å². The lowest BCUT2D eigenvalue weighted by atomic mass is 10.0. The highest BCUT2D eigenvalue weighted by atomic mass is 127. The van der Waals surface area contributed by atoms with Gasteiger partial charge < -0.3 is 14.6 Å². The van der Waals surface area contributed by atoms with Crippen molar-refractivity contribution in [3.05, 3.63) is 58.0 Å². The first kappa shape index (κ1) is 18.4. The highest BCUT2D eigenvalue weighted by Crippen LogP contribution is 2.45. The lowest BCUT2D eigenvalue weighted by Crippen LogP contribution is -2.38. The molecule has 138 valence electrons. The molecule has 3 aromatic rings. The van der Waals surface area contributed by atoms with Crippen LogP contribution >= 0.6 is 33.9 Å². The summed E-state index contributed by atoms with van der Waals surface area (Å²) in [5.74, 6) is 1.16. The molecule has 0 bridgehead atoms. The Morgan fingerprint density at radius 3 is 2.96 bits per heavy atom. The summed E-state index contributed by atoms with van der Waals surface area (Å²) in [4.78, 5) is 11.5. The van der Waals surface area contributed by atoms with Crippen LogP contribution < -0.4 is 4.74 Å². The van der Waals surface area contributed by atoms with Gasteiger partial charge in [0, 0.05) is 21.3 Å². The van der Waals surface area contributed by atoms with Crippen molar-refractivity contribution in [1.82, 2.24) is 9.97 Å². The zero-order chi connectivity index (χ0) is 18.9. The van der Waals surface area contributed by atoms with Crippen molar-refractivity contribution in [3.8, 4) is 11.6 Å². The molecule has 0 saturated carbocycles. The van der Waals surface area contributed by atoms with Crippen LogP contribution in [-0.2, 0) is 4.74 Å². The zero-order valence-corrected chi connectivity index (χ0v) is 16.9. The standard InChI is InChI=1S/C17H14IN5O3S/c18-8-17(22-23-19)13(24)6-12(26-17)11-7-27-15-14(11)20-9-21-16(15)25-10-4-2-1-3-5-10/h1-5,7,9,12-13,24H,6,8H2/t12?,13-,17?/m0/s1. The van der Waals surface area contributed by atoms with E-state index in [0.717, 1.165) is 10.3 Å². The van der Waals surface area contributed by atoms with E-state index in [2.05, 4.69) is 42.6 Å². The lowest BCUT2D eigenvalue weighted by molar-refractivity contribution is -0.0594. The number of aromatic nitrogens is 2. The second-order valence-corrected chi connectivity index (χ2v) is 7.63. The molecule has 3 heterocycles. The van der Waals surface area contributed by atoms with Crippen molar-refractivity contribution in [2.45, 2.75) is 24.4 Å². The predicted octanol–water partition coefficient (Wildman–Crippen LogP) is 4.75. The molecule has 1 saturated heterocycles. The van der Waals surface area contributed by atoms with Crippen molar-refractivity contribution >= 4 is 44.1 Å². The first-order valence-corrected chi connectivity index (χ1v) is 10.5. The maximum atomic E-state index is 10.4. The fourth-order valence-corrected chi connectivity index (χ4v) is 4.84. The minimum Gasteiger partial charge on any atom is -0.437 e. The Morgan fingerprint density at radius 2 is 2.22 bits per heavy atom. The highest BCUT2D eigenvalue weighted by molar-refractivity contribution is 14.1. The molecule has 0 spiro atoms. The van der Waals surface area contributed by atoms with E-state index in [-0.39, 0.29) is 0 Å².